The van der Waals surface area contributed by atoms with Gasteiger partial charge >= 0.3 is 0 Å². The SMILES string of the molecule is O=C(C1CC1)N1CC[C@H](Cn2c(-c3ccc(-c4ccc5[nH]ccc5c4)cc3)nc3ccccc32)C1. The molecule has 5 nitrogen and oxygen atoms in total. The number of aromatic amines is 1. The maximum absolute atomic E-state index is 12.6. The largest absolute Gasteiger partial charge is 0.361 e. The highest BCUT2D eigenvalue weighted by molar-refractivity contribution is 5.86. The van der Waals surface area contributed by atoms with Crippen molar-refractivity contribution < 1.29 is 4.79 Å². The van der Waals surface area contributed by atoms with Gasteiger partial charge in [-0.1, -0.05) is 42.5 Å². The number of amides is 1. The number of hydrogen-bond acceptors (Lipinski definition) is 2. The maximum atomic E-state index is 12.6. The van der Waals surface area contributed by atoms with Crippen LogP contribution in [-0.4, -0.2) is 38.4 Å². The van der Waals surface area contributed by atoms with Crippen molar-refractivity contribution in [2.45, 2.75) is 25.8 Å². The number of likely N-dealkylation sites (tertiary alicyclic amines) is 1. The zero-order valence-corrected chi connectivity index (χ0v) is 19.7. The molecule has 35 heavy (non-hydrogen) atoms. The number of fused-ring (bicyclic) bond motifs is 2. The van der Waals surface area contributed by atoms with Gasteiger partial charge in [0.2, 0.25) is 5.91 Å². The Morgan fingerprint density at radius 3 is 2.57 bits per heavy atom. The van der Waals surface area contributed by atoms with Crippen LogP contribution in [0.15, 0.2) is 79.0 Å². The Morgan fingerprint density at radius 2 is 1.71 bits per heavy atom. The third kappa shape index (κ3) is 3.72. The second-order valence-electron chi connectivity index (χ2n) is 10.1. The first-order chi connectivity index (χ1) is 17.2. The summed E-state index contributed by atoms with van der Waals surface area (Å²) in [5.74, 6) is 2.14. The highest BCUT2D eigenvalue weighted by atomic mass is 16.2. The molecule has 2 fully saturated rings. The topological polar surface area (TPSA) is 53.9 Å². The fourth-order valence-corrected chi connectivity index (χ4v) is 5.55. The molecule has 1 N–H and O–H groups in total. The van der Waals surface area contributed by atoms with Crippen LogP contribution in [0, 0.1) is 11.8 Å². The number of para-hydroxylation sites is 2. The van der Waals surface area contributed by atoms with Gasteiger partial charge in [-0.3, -0.25) is 4.79 Å². The molecule has 1 saturated carbocycles. The Hall–Kier alpha value is -3.86. The van der Waals surface area contributed by atoms with Crippen molar-refractivity contribution in [2.24, 2.45) is 11.8 Å². The predicted molar refractivity (Wildman–Crippen MR) is 140 cm³/mol. The van der Waals surface area contributed by atoms with Gasteiger partial charge in [0.05, 0.1) is 11.0 Å². The molecule has 0 radical (unpaired) electrons. The molecule has 5 aromatic rings. The van der Waals surface area contributed by atoms with E-state index in [9.17, 15) is 4.79 Å². The highest BCUT2D eigenvalue weighted by Gasteiger charge is 2.36. The number of carbonyl (C=O) groups excluding carboxylic acids is 1. The van der Waals surface area contributed by atoms with Crippen molar-refractivity contribution in [3.05, 3.63) is 79.0 Å². The van der Waals surface area contributed by atoms with Crippen molar-refractivity contribution in [3.63, 3.8) is 0 Å². The molecule has 0 bridgehead atoms. The van der Waals surface area contributed by atoms with Gasteiger partial charge in [-0.15, -0.1) is 0 Å². The van der Waals surface area contributed by atoms with Gasteiger partial charge in [-0.25, -0.2) is 4.98 Å². The average Bonchev–Trinajstić information content (AvgIpc) is 3.30. The number of nitrogens with zero attached hydrogens (tertiary/aromatic N) is 3. The van der Waals surface area contributed by atoms with Crippen LogP contribution in [0.25, 0.3) is 44.5 Å². The number of aromatic nitrogens is 3. The van der Waals surface area contributed by atoms with E-state index in [1.54, 1.807) is 0 Å². The van der Waals surface area contributed by atoms with Crippen LogP contribution in [0.2, 0.25) is 0 Å². The van der Waals surface area contributed by atoms with E-state index in [-0.39, 0.29) is 0 Å². The van der Waals surface area contributed by atoms with E-state index < -0.39 is 0 Å². The molecule has 1 saturated heterocycles. The van der Waals surface area contributed by atoms with Crippen LogP contribution in [0.1, 0.15) is 19.3 Å². The number of benzene rings is 3. The molecule has 3 aromatic carbocycles. The van der Waals surface area contributed by atoms with E-state index in [0.29, 0.717) is 17.7 Å². The van der Waals surface area contributed by atoms with Gasteiger partial charge in [0.1, 0.15) is 5.82 Å². The van der Waals surface area contributed by atoms with Crippen LogP contribution in [0.5, 0.6) is 0 Å². The third-order valence-corrected chi connectivity index (χ3v) is 7.65. The fourth-order valence-electron chi connectivity index (χ4n) is 5.55. The Labute approximate surface area is 204 Å². The summed E-state index contributed by atoms with van der Waals surface area (Å²) in [6.45, 7) is 2.64. The lowest BCUT2D eigenvalue weighted by atomic mass is 10.0. The molecule has 5 heteroatoms. The number of nitrogens with one attached hydrogen (secondary N) is 1. The number of H-pyrrole nitrogens is 1. The van der Waals surface area contributed by atoms with E-state index in [4.69, 9.17) is 4.98 Å². The van der Waals surface area contributed by atoms with E-state index in [1.807, 2.05) is 6.20 Å². The van der Waals surface area contributed by atoms with E-state index in [0.717, 1.165) is 66.8 Å². The van der Waals surface area contributed by atoms with E-state index in [1.165, 1.54) is 16.5 Å². The molecule has 0 unspecified atom stereocenters. The molecule has 2 aliphatic rings. The second kappa shape index (κ2) is 8.12. The summed E-state index contributed by atoms with van der Waals surface area (Å²) in [6.07, 6.45) is 5.19. The normalized spacial score (nSPS) is 18.1. The first kappa shape index (κ1) is 20.5. The summed E-state index contributed by atoms with van der Waals surface area (Å²) in [5.41, 5.74) is 6.87. The Kier molecular flexibility index (Phi) is 4.76. The first-order valence-electron chi connectivity index (χ1n) is 12.6. The molecule has 1 amide bonds. The Bertz CT molecular complexity index is 1540. The predicted octanol–water partition coefficient (Wildman–Crippen LogP) is 6.11. The minimum absolute atomic E-state index is 0.301. The van der Waals surface area contributed by atoms with E-state index >= 15 is 0 Å². The Balaban J connectivity index is 1.19. The molecule has 174 valence electrons. The smallest absolute Gasteiger partial charge is 0.225 e. The third-order valence-electron chi connectivity index (χ3n) is 7.65. The van der Waals surface area contributed by atoms with Crippen LogP contribution in [-0.2, 0) is 11.3 Å². The number of carbonyl (C=O) groups is 1. The quantitative estimate of drug-likeness (QED) is 0.344. The molecule has 1 aliphatic heterocycles. The van der Waals surface area contributed by atoms with Crippen LogP contribution in [0.3, 0.4) is 0 Å². The fraction of sp³-hybridized carbons (Fsp3) is 0.267. The van der Waals surface area contributed by atoms with Crippen molar-refractivity contribution in [3.8, 4) is 22.5 Å². The van der Waals surface area contributed by atoms with Crippen LogP contribution < -0.4 is 0 Å². The highest BCUT2D eigenvalue weighted by Crippen LogP contribution is 2.34. The van der Waals surface area contributed by atoms with Gasteiger partial charge in [0, 0.05) is 42.8 Å². The van der Waals surface area contributed by atoms with Gasteiger partial charge in [-0.2, -0.15) is 0 Å². The first-order valence-corrected chi connectivity index (χ1v) is 12.6. The van der Waals surface area contributed by atoms with Crippen LogP contribution >= 0.6 is 0 Å². The van der Waals surface area contributed by atoms with Gasteiger partial charge in [0.15, 0.2) is 0 Å². The summed E-state index contributed by atoms with van der Waals surface area (Å²) in [7, 11) is 0. The van der Waals surface area contributed by atoms with E-state index in [2.05, 4.69) is 87.2 Å². The molecule has 2 aromatic heterocycles. The second-order valence-corrected chi connectivity index (χ2v) is 10.1. The lowest BCUT2D eigenvalue weighted by Gasteiger charge is -2.18. The number of rotatable bonds is 5. The molecule has 1 atom stereocenters. The number of hydrogen-bond donors (Lipinski definition) is 1. The monoisotopic (exact) mass is 460 g/mol. The molecule has 1 aliphatic carbocycles. The summed E-state index contributed by atoms with van der Waals surface area (Å²) < 4.78 is 2.37. The summed E-state index contributed by atoms with van der Waals surface area (Å²) in [5, 5.41) is 1.22. The van der Waals surface area contributed by atoms with Gasteiger partial charge < -0.3 is 14.5 Å². The molecule has 7 rings (SSSR count). The van der Waals surface area contributed by atoms with Crippen molar-refractivity contribution >= 4 is 27.8 Å². The zero-order valence-electron chi connectivity index (χ0n) is 19.7. The van der Waals surface area contributed by atoms with Gasteiger partial charge in [-0.05, 0) is 72.0 Å². The van der Waals surface area contributed by atoms with Gasteiger partial charge in [0.25, 0.3) is 0 Å². The summed E-state index contributed by atoms with van der Waals surface area (Å²) in [6, 6.07) is 25.8. The summed E-state index contributed by atoms with van der Waals surface area (Å²) >= 11 is 0. The molecular formula is C30H28N4O. The molecule has 3 heterocycles. The van der Waals surface area contributed by atoms with Crippen molar-refractivity contribution in [1.29, 1.82) is 0 Å². The summed E-state index contributed by atoms with van der Waals surface area (Å²) in [4.78, 5) is 23.0. The van der Waals surface area contributed by atoms with Crippen molar-refractivity contribution in [2.75, 3.05) is 13.1 Å². The lowest BCUT2D eigenvalue weighted by Crippen LogP contribution is -2.30. The molecular weight excluding hydrogens is 432 g/mol. The van der Waals surface area contributed by atoms with Crippen LogP contribution in [0.4, 0.5) is 0 Å². The number of imidazole rings is 1. The minimum atomic E-state index is 0.301. The standard InChI is InChI=1S/C30H28N4O/c35-30(23-9-10-23)33-16-14-20(18-33)19-34-28-4-2-1-3-27(28)32-29(34)22-7-5-21(6-8-22)24-11-12-26-25(17-24)13-15-31-26/h1-8,11-13,15,17,20,23,31H,9-10,14,16,18-19H2/t20-/m0/s1. The minimum Gasteiger partial charge on any atom is -0.361 e. The lowest BCUT2D eigenvalue weighted by molar-refractivity contribution is -0.131. The maximum Gasteiger partial charge on any atom is 0.225 e. The average molecular weight is 461 g/mol. The zero-order chi connectivity index (χ0) is 23.4. The Morgan fingerprint density at radius 1 is 0.914 bits per heavy atom. The molecule has 0 spiro atoms. The van der Waals surface area contributed by atoms with Crippen molar-refractivity contribution in [1.82, 2.24) is 19.4 Å².